The van der Waals surface area contributed by atoms with Crippen LogP contribution in [0.3, 0.4) is 0 Å². The molecule has 116 valence electrons. The average Bonchev–Trinajstić information content (AvgIpc) is 2.47. The normalized spacial score (nSPS) is 10.5. The summed E-state index contributed by atoms with van der Waals surface area (Å²) < 4.78 is 39.4. The van der Waals surface area contributed by atoms with Gasteiger partial charge in [-0.1, -0.05) is 18.2 Å². The molecular formula is C17H16F3NO. The average molecular weight is 307 g/mol. The quantitative estimate of drug-likeness (QED) is 0.825. The second-order valence-electron chi connectivity index (χ2n) is 5.12. The Hall–Kier alpha value is -2.30. The molecule has 2 nitrogen and oxygen atoms in total. The van der Waals surface area contributed by atoms with Crippen LogP contribution in [0.4, 0.5) is 13.2 Å². The first-order valence-electron chi connectivity index (χ1n) is 6.88. The second-order valence-corrected chi connectivity index (χ2v) is 5.12. The molecule has 1 amide bonds. The van der Waals surface area contributed by atoms with Gasteiger partial charge < -0.3 is 4.90 Å². The van der Waals surface area contributed by atoms with Crippen molar-refractivity contribution in [1.82, 2.24) is 4.90 Å². The Morgan fingerprint density at radius 3 is 2.45 bits per heavy atom. The third kappa shape index (κ3) is 4.35. The van der Waals surface area contributed by atoms with E-state index in [-0.39, 0.29) is 30.3 Å². The highest BCUT2D eigenvalue weighted by molar-refractivity contribution is 5.76. The molecule has 5 heteroatoms. The minimum atomic E-state index is -0.676. The van der Waals surface area contributed by atoms with Gasteiger partial charge in [-0.3, -0.25) is 4.79 Å². The van der Waals surface area contributed by atoms with E-state index in [0.717, 1.165) is 17.7 Å². The van der Waals surface area contributed by atoms with Crippen LogP contribution in [0, 0.1) is 17.5 Å². The highest BCUT2D eigenvalue weighted by Crippen LogP contribution is 2.13. The summed E-state index contributed by atoms with van der Waals surface area (Å²) in [6, 6.07) is 9.33. The largest absolute Gasteiger partial charge is 0.341 e. The molecule has 0 heterocycles. The summed E-state index contributed by atoms with van der Waals surface area (Å²) in [5.74, 6) is -1.86. The summed E-state index contributed by atoms with van der Waals surface area (Å²) in [5, 5.41) is 0. The number of nitrogens with zero attached hydrogens (tertiary/aromatic N) is 1. The number of carbonyl (C=O) groups is 1. The zero-order valence-electron chi connectivity index (χ0n) is 12.2. The van der Waals surface area contributed by atoms with Crippen LogP contribution in [-0.2, 0) is 17.8 Å². The van der Waals surface area contributed by atoms with Crippen LogP contribution in [0.5, 0.6) is 0 Å². The number of halogens is 3. The Kier molecular flexibility index (Phi) is 5.20. The predicted molar refractivity (Wildman–Crippen MR) is 77.6 cm³/mol. The topological polar surface area (TPSA) is 20.3 Å². The SMILES string of the molecule is CN(Cc1ccc(F)cc1F)C(=O)CCc1cccc(F)c1. The molecule has 0 aliphatic carbocycles. The third-order valence-corrected chi connectivity index (χ3v) is 3.36. The van der Waals surface area contributed by atoms with Crippen LogP contribution in [-0.4, -0.2) is 17.9 Å². The number of hydrogen-bond acceptors (Lipinski definition) is 1. The van der Waals surface area contributed by atoms with E-state index in [1.165, 1.54) is 23.1 Å². The van der Waals surface area contributed by atoms with E-state index in [2.05, 4.69) is 0 Å². The van der Waals surface area contributed by atoms with Crippen LogP contribution in [0.15, 0.2) is 42.5 Å². The maximum atomic E-state index is 13.5. The lowest BCUT2D eigenvalue weighted by Gasteiger charge is -2.17. The minimum Gasteiger partial charge on any atom is -0.341 e. The van der Waals surface area contributed by atoms with Gasteiger partial charge in [0.25, 0.3) is 0 Å². The minimum absolute atomic E-state index is 0.0636. The second kappa shape index (κ2) is 7.11. The lowest BCUT2D eigenvalue weighted by atomic mass is 10.1. The Morgan fingerprint density at radius 1 is 1.05 bits per heavy atom. The molecule has 0 bridgehead atoms. The fourth-order valence-electron chi connectivity index (χ4n) is 2.13. The summed E-state index contributed by atoms with van der Waals surface area (Å²) in [7, 11) is 1.55. The summed E-state index contributed by atoms with van der Waals surface area (Å²) in [5.41, 5.74) is 0.984. The predicted octanol–water partition coefficient (Wildman–Crippen LogP) is 3.70. The van der Waals surface area contributed by atoms with E-state index in [0.29, 0.717) is 6.42 Å². The monoisotopic (exact) mass is 307 g/mol. The molecule has 0 fully saturated rings. The van der Waals surface area contributed by atoms with E-state index < -0.39 is 11.6 Å². The summed E-state index contributed by atoms with van der Waals surface area (Å²) >= 11 is 0. The Balaban J connectivity index is 1.92. The molecule has 2 aromatic rings. The fourth-order valence-corrected chi connectivity index (χ4v) is 2.13. The number of hydrogen-bond donors (Lipinski definition) is 0. The van der Waals surface area contributed by atoms with Gasteiger partial charge >= 0.3 is 0 Å². The van der Waals surface area contributed by atoms with Crippen molar-refractivity contribution >= 4 is 5.91 Å². The van der Waals surface area contributed by atoms with Crippen LogP contribution < -0.4 is 0 Å². The number of rotatable bonds is 5. The van der Waals surface area contributed by atoms with Gasteiger partial charge in [0.2, 0.25) is 5.91 Å². The molecule has 2 rings (SSSR count). The smallest absolute Gasteiger partial charge is 0.222 e. The molecule has 0 aliphatic rings. The van der Waals surface area contributed by atoms with Gasteiger partial charge in [-0.2, -0.15) is 0 Å². The molecule has 0 atom stereocenters. The van der Waals surface area contributed by atoms with Gasteiger partial charge in [0.1, 0.15) is 17.5 Å². The molecule has 22 heavy (non-hydrogen) atoms. The van der Waals surface area contributed by atoms with Gasteiger partial charge in [-0.25, -0.2) is 13.2 Å². The van der Waals surface area contributed by atoms with Gasteiger partial charge in [0, 0.05) is 31.6 Å². The maximum absolute atomic E-state index is 13.5. The zero-order valence-corrected chi connectivity index (χ0v) is 12.2. The van der Waals surface area contributed by atoms with E-state index in [1.807, 2.05) is 0 Å². The van der Waals surface area contributed by atoms with Crippen LogP contribution in [0.25, 0.3) is 0 Å². The van der Waals surface area contributed by atoms with Crippen molar-refractivity contribution < 1.29 is 18.0 Å². The third-order valence-electron chi connectivity index (χ3n) is 3.36. The molecule has 0 saturated carbocycles. The van der Waals surface area contributed by atoms with E-state index in [9.17, 15) is 18.0 Å². The first-order chi connectivity index (χ1) is 10.5. The Morgan fingerprint density at radius 2 is 1.77 bits per heavy atom. The maximum Gasteiger partial charge on any atom is 0.222 e. The van der Waals surface area contributed by atoms with Crippen molar-refractivity contribution in [2.75, 3.05) is 7.05 Å². The first-order valence-corrected chi connectivity index (χ1v) is 6.88. The number of aryl methyl sites for hydroxylation is 1. The van der Waals surface area contributed by atoms with Crippen LogP contribution in [0.2, 0.25) is 0 Å². The molecule has 0 spiro atoms. The summed E-state index contributed by atoms with van der Waals surface area (Å²) in [4.78, 5) is 13.4. The first kappa shape index (κ1) is 16.1. The number of carbonyl (C=O) groups excluding carboxylic acids is 1. The van der Waals surface area contributed by atoms with Crippen molar-refractivity contribution in [3.05, 3.63) is 71.0 Å². The molecule has 0 aromatic heterocycles. The lowest BCUT2D eigenvalue weighted by molar-refractivity contribution is -0.130. The highest BCUT2D eigenvalue weighted by atomic mass is 19.1. The van der Waals surface area contributed by atoms with Crippen LogP contribution in [0.1, 0.15) is 17.5 Å². The van der Waals surface area contributed by atoms with Crippen molar-refractivity contribution in [1.29, 1.82) is 0 Å². The molecule has 0 aliphatic heterocycles. The molecule has 2 aromatic carbocycles. The molecule has 0 saturated heterocycles. The van der Waals surface area contributed by atoms with Gasteiger partial charge in [0.05, 0.1) is 0 Å². The zero-order chi connectivity index (χ0) is 16.1. The van der Waals surface area contributed by atoms with Crippen molar-refractivity contribution in [2.45, 2.75) is 19.4 Å². The molecule has 0 N–H and O–H groups in total. The van der Waals surface area contributed by atoms with E-state index >= 15 is 0 Å². The fraction of sp³-hybridized carbons (Fsp3) is 0.235. The van der Waals surface area contributed by atoms with Crippen molar-refractivity contribution in [3.8, 4) is 0 Å². The number of amides is 1. The molecule has 0 unspecified atom stereocenters. The summed E-state index contributed by atoms with van der Waals surface area (Å²) in [6.45, 7) is 0.0636. The van der Waals surface area contributed by atoms with Gasteiger partial charge in [-0.05, 0) is 30.2 Å². The van der Waals surface area contributed by atoms with Gasteiger partial charge in [-0.15, -0.1) is 0 Å². The Bertz CT molecular complexity index is 673. The van der Waals surface area contributed by atoms with E-state index in [1.54, 1.807) is 19.2 Å². The lowest BCUT2D eigenvalue weighted by Crippen LogP contribution is -2.26. The van der Waals surface area contributed by atoms with Crippen LogP contribution >= 0.6 is 0 Å². The van der Waals surface area contributed by atoms with Gasteiger partial charge in [0.15, 0.2) is 0 Å². The summed E-state index contributed by atoms with van der Waals surface area (Å²) in [6.07, 6.45) is 0.607. The molecule has 0 radical (unpaired) electrons. The standard InChI is InChI=1S/C17H16F3NO/c1-21(11-13-6-7-15(19)10-16(13)20)17(22)8-5-12-3-2-4-14(18)9-12/h2-4,6-7,9-10H,5,8,11H2,1H3. The van der Waals surface area contributed by atoms with Crippen molar-refractivity contribution in [3.63, 3.8) is 0 Å². The van der Waals surface area contributed by atoms with E-state index in [4.69, 9.17) is 0 Å². The van der Waals surface area contributed by atoms with Crippen molar-refractivity contribution in [2.24, 2.45) is 0 Å². The molecular weight excluding hydrogens is 291 g/mol. The Labute approximate surface area is 127 Å². The highest BCUT2D eigenvalue weighted by Gasteiger charge is 2.12. The number of benzene rings is 2.